The van der Waals surface area contributed by atoms with E-state index in [2.05, 4.69) is 11.1 Å². The molecule has 0 unspecified atom stereocenters. The molecule has 26 heavy (non-hydrogen) atoms. The van der Waals surface area contributed by atoms with Gasteiger partial charge in [-0.25, -0.2) is 9.69 Å². The highest BCUT2D eigenvalue weighted by Crippen LogP contribution is 2.45. The van der Waals surface area contributed by atoms with Gasteiger partial charge >= 0.3 is 6.03 Å². The fourth-order valence-corrected chi connectivity index (χ4v) is 4.39. The summed E-state index contributed by atoms with van der Waals surface area (Å²) in [7, 11) is 0. The molecule has 0 saturated carbocycles. The second-order valence-corrected chi connectivity index (χ2v) is 7.26. The second kappa shape index (κ2) is 4.97. The Labute approximate surface area is 151 Å². The maximum Gasteiger partial charge on any atom is 0.332 e. The number of aryl methyl sites for hydroxylation is 1. The number of hydrogen-bond donors (Lipinski definition) is 1. The fraction of sp³-hybridized carbons (Fsp3) is 0.238. The van der Waals surface area contributed by atoms with Crippen LogP contribution in [0.25, 0.3) is 10.9 Å². The van der Waals surface area contributed by atoms with Crippen LogP contribution in [0.2, 0.25) is 0 Å². The molecule has 5 nitrogen and oxygen atoms in total. The molecule has 0 aliphatic carbocycles. The molecule has 2 aliphatic heterocycles. The summed E-state index contributed by atoms with van der Waals surface area (Å²) in [5.41, 5.74) is 3.66. The molecule has 1 N–H and O–H groups in total. The van der Waals surface area contributed by atoms with E-state index in [4.69, 9.17) is 0 Å². The van der Waals surface area contributed by atoms with E-state index in [0.29, 0.717) is 12.2 Å². The zero-order valence-electron chi connectivity index (χ0n) is 14.7. The quantitative estimate of drug-likeness (QED) is 0.684. The monoisotopic (exact) mass is 345 g/mol. The third kappa shape index (κ3) is 1.75. The second-order valence-electron chi connectivity index (χ2n) is 7.26. The number of rotatable bonds is 1. The molecule has 130 valence electrons. The zero-order valence-corrected chi connectivity index (χ0v) is 14.7. The number of aromatic nitrogens is 1. The summed E-state index contributed by atoms with van der Waals surface area (Å²) < 4.78 is 0. The van der Waals surface area contributed by atoms with Gasteiger partial charge in [0.15, 0.2) is 5.54 Å². The van der Waals surface area contributed by atoms with Crippen molar-refractivity contribution in [3.8, 4) is 0 Å². The summed E-state index contributed by atoms with van der Waals surface area (Å²) in [5, 5.41) is 1.14. The Kier molecular flexibility index (Phi) is 2.91. The van der Waals surface area contributed by atoms with Crippen LogP contribution < -0.4 is 4.90 Å². The third-order valence-corrected chi connectivity index (χ3v) is 5.73. The lowest BCUT2D eigenvalue weighted by atomic mass is 9.87. The SMILES string of the molecule is Cc1cccc(N2C(=O)N3CCc4c([nH]c5ccccc45)[C@]3(C)C2=O)c1. The maximum absolute atomic E-state index is 13.5. The fourth-order valence-electron chi connectivity index (χ4n) is 4.39. The lowest BCUT2D eigenvalue weighted by Gasteiger charge is -2.35. The van der Waals surface area contributed by atoms with Crippen LogP contribution in [0, 0.1) is 6.92 Å². The Hall–Kier alpha value is -3.08. The zero-order chi connectivity index (χ0) is 18.1. The van der Waals surface area contributed by atoms with E-state index in [-0.39, 0.29) is 11.9 Å². The van der Waals surface area contributed by atoms with Crippen LogP contribution in [0.1, 0.15) is 23.7 Å². The van der Waals surface area contributed by atoms with Gasteiger partial charge in [0.1, 0.15) is 0 Å². The molecule has 1 fully saturated rings. The Morgan fingerprint density at radius 2 is 1.88 bits per heavy atom. The van der Waals surface area contributed by atoms with Crippen molar-refractivity contribution in [1.82, 2.24) is 9.88 Å². The van der Waals surface area contributed by atoms with Crippen molar-refractivity contribution in [2.24, 2.45) is 0 Å². The van der Waals surface area contributed by atoms with E-state index in [1.165, 1.54) is 4.90 Å². The Balaban J connectivity index is 1.71. The van der Waals surface area contributed by atoms with Crippen molar-refractivity contribution in [3.05, 3.63) is 65.4 Å². The van der Waals surface area contributed by atoms with Crippen molar-refractivity contribution in [3.63, 3.8) is 0 Å². The molecule has 0 bridgehead atoms. The number of nitrogens with zero attached hydrogens (tertiary/aromatic N) is 2. The minimum absolute atomic E-state index is 0.194. The van der Waals surface area contributed by atoms with E-state index >= 15 is 0 Å². The van der Waals surface area contributed by atoms with Crippen LogP contribution in [0.15, 0.2) is 48.5 Å². The maximum atomic E-state index is 13.5. The number of para-hydroxylation sites is 1. The summed E-state index contributed by atoms with van der Waals surface area (Å²) in [4.78, 5) is 33.0. The molecule has 0 spiro atoms. The van der Waals surface area contributed by atoms with E-state index in [9.17, 15) is 9.59 Å². The summed E-state index contributed by atoms with van der Waals surface area (Å²) in [6.45, 7) is 4.36. The van der Waals surface area contributed by atoms with E-state index in [1.807, 2.05) is 56.3 Å². The highest BCUT2D eigenvalue weighted by molar-refractivity contribution is 6.23. The standard InChI is InChI=1S/C21H19N3O2/c1-13-6-5-7-14(12-13)24-19(25)21(2)18-16(10-11-23(21)20(24)26)15-8-3-4-9-17(15)22-18/h3-9,12,22H,10-11H2,1-2H3/t21-/m1/s1. The highest BCUT2D eigenvalue weighted by Gasteiger charge is 2.58. The average Bonchev–Trinajstić information content (AvgIpc) is 3.10. The molecule has 2 aromatic carbocycles. The molecular formula is C21H19N3O2. The number of fused-ring (bicyclic) bond motifs is 5. The first-order valence-corrected chi connectivity index (χ1v) is 8.84. The predicted molar refractivity (Wildman–Crippen MR) is 100 cm³/mol. The van der Waals surface area contributed by atoms with E-state index < -0.39 is 5.54 Å². The molecule has 1 saturated heterocycles. The summed E-state index contributed by atoms with van der Waals surface area (Å²) in [5.74, 6) is -0.194. The summed E-state index contributed by atoms with van der Waals surface area (Å²) in [6, 6.07) is 15.4. The lowest BCUT2D eigenvalue weighted by Crippen LogP contribution is -2.49. The summed E-state index contributed by atoms with van der Waals surface area (Å²) >= 11 is 0. The van der Waals surface area contributed by atoms with Crippen molar-refractivity contribution in [2.75, 3.05) is 11.4 Å². The molecule has 2 aliphatic rings. The van der Waals surface area contributed by atoms with Crippen LogP contribution in [-0.2, 0) is 16.8 Å². The van der Waals surface area contributed by atoms with Gasteiger partial charge < -0.3 is 9.88 Å². The van der Waals surface area contributed by atoms with Gasteiger partial charge in [0, 0.05) is 17.4 Å². The van der Waals surface area contributed by atoms with Crippen LogP contribution >= 0.6 is 0 Å². The molecule has 3 heterocycles. The van der Waals surface area contributed by atoms with Gasteiger partial charge in [0.05, 0.1) is 11.4 Å². The largest absolute Gasteiger partial charge is 0.356 e. The number of H-pyrrole nitrogens is 1. The van der Waals surface area contributed by atoms with Crippen LogP contribution in [0.5, 0.6) is 0 Å². The van der Waals surface area contributed by atoms with Crippen molar-refractivity contribution < 1.29 is 9.59 Å². The Bertz CT molecular complexity index is 1080. The molecule has 1 aromatic heterocycles. The van der Waals surface area contributed by atoms with Crippen molar-refractivity contribution >= 4 is 28.5 Å². The molecular weight excluding hydrogens is 326 g/mol. The number of carbonyl (C=O) groups is 2. The molecule has 5 rings (SSSR count). The van der Waals surface area contributed by atoms with Crippen LogP contribution in [0.4, 0.5) is 10.5 Å². The number of benzene rings is 2. The Morgan fingerprint density at radius 1 is 1.08 bits per heavy atom. The smallest absolute Gasteiger partial charge is 0.332 e. The minimum atomic E-state index is -0.993. The first-order valence-electron chi connectivity index (χ1n) is 8.84. The van der Waals surface area contributed by atoms with Gasteiger partial charge in [-0.1, -0.05) is 30.3 Å². The van der Waals surface area contributed by atoms with Crippen molar-refractivity contribution in [2.45, 2.75) is 25.8 Å². The van der Waals surface area contributed by atoms with Crippen LogP contribution in [-0.4, -0.2) is 28.4 Å². The van der Waals surface area contributed by atoms with Gasteiger partial charge in [-0.15, -0.1) is 0 Å². The number of urea groups is 1. The molecule has 3 amide bonds. The van der Waals surface area contributed by atoms with Gasteiger partial charge in [-0.3, -0.25) is 4.79 Å². The number of imide groups is 1. The number of hydrogen-bond acceptors (Lipinski definition) is 2. The van der Waals surface area contributed by atoms with Crippen LogP contribution in [0.3, 0.4) is 0 Å². The van der Waals surface area contributed by atoms with E-state index in [0.717, 1.165) is 34.1 Å². The molecule has 3 aromatic rings. The summed E-state index contributed by atoms with van der Waals surface area (Å²) in [6.07, 6.45) is 0.746. The number of aromatic amines is 1. The van der Waals surface area contributed by atoms with Gasteiger partial charge in [-0.2, -0.15) is 0 Å². The minimum Gasteiger partial charge on any atom is -0.356 e. The Morgan fingerprint density at radius 3 is 2.69 bits per heavy atom. The number of carbonyl (C=O) groups excluding carboxylic acids is 2. The first kappa shape index (κ1) is 15.2. The van der Waals surface area contributed by atoms with Gasteiger partial charge in [-0.05, 0) is 49.6 Å². The average molecular weight is 345 g/mol. The van der Waals surface area contributed by atoms with E-state index in [1.54, 1.807) is 4.90 Å². The number of anilines is 1. The number of nitrogens with one attached hydrogen (secondary N) is 1. The first-order chi connectivity index (χ1) is 12.5. The molecule has 5 heteroatoms. The normalized spacial score (nSPS) is 22.1. The van der Waals surface area contributed by atoms with Crippen molar-refractivity contribution in [1.29, 1.82) is 0 Å². The topological polar surface area (TPSA) is 56.4 Å². The number of amides is 3. The molecule has 1 atom stereocenters. The lowest BCUT2D eigenvalue weighted by molar-refractivity contribution is -0.125. The predicted octanol–water partition coefficient (Wildman–Crippen LogP) is 3.72. The molecule has 0 radical (unpaired) electrons. The highest BCUT2D eigenvalue weighted by atomic mass is 16.2. The van der Waals surface area contributed by atoms with Gasteiger partial charge in [0.2, 0.25) is 0 Å². The third-order valence-electron chi connectivity index (χ3n) is 5.73. The van der Waals surface area contributed by atoms with Gasteiger partial charge in [0.25, 0.3) is 5.91 Å².